The molecule has 0 aromatic rings. The summed E-state index contributed by atoms with van der Waals surface area (Å²) in [6, 6.07) is 0. The smallest absolute Gasteiger partial charge is 0.391 e. The molecule has 0 bridgehead atoms. The molecule has 116 valence electrons. The molecule has 0 aromatic heterocycles. The third-order valence-electron chi connectivity index (χ3n) is 2.86. The fourth-order valence-electron chi connectivity index (χ4n) is 1.80. The second-order valence-electron chi connectivity index (χ2n) is 4.75. The largest absolute Gasteiger partial charge is 0.472 e. The molecule has 2 atom stereocenters. The Hall–Kier alpha value is 0.0700. The topological polar surface area (TPSA) is 76.0 Å². The van der Waals surface area contributed by atoms with Crippen LogP contribution in [0.3, 0.4) is 0 Å². The van der Waals surface area contributed by atoms with E-state index < -0.39 is 13.9 Å². The van der Waals surface area contributed by atoms with Crippen LogP contribution in [0, 0.1) is 0 Å². The Kier molecular flexibility index (Phi) is 11.9. The van der Waals surface area contributed by atoms with Crippen molar-refractivity contribution in [1.82, 2.24) is 0 Å². The van der Waals surface area contributed by atoms with Crippen molar-refractivity contribution in [2.24, 2.45) is 0 Å². The molecule has 0 rings (SSSR count). The molecule has 5 nitrogen and oxygen atoms in total. The van der Waals surface area contributed by atoms with Crippen LogP contribution in [0.2, 0.25) is 0 Å². The lowest BCUT2D eigenvalue weighted by molar-refractivity contribution is 0.0682. The summed E-state index contributed by atoms with van der Waals surface area (Å²) in [6.45, 7) is 3.77. The molecule has 0 aliphatic carbocycles. The molecule has 6 heteroatoms. The van der Waals surface area contributed by atoms with Crippen molar-refractivity contribution >= 4 is 7.82 Å². The number of hydrogen-bond donors (Lipinski definition) is 2. The molecule has 0 radical (unpaired) electrons. The first-order valence-electron chi connectivity index (χ1n) is 7.31. The van der Waals surface area contributed by atoms with Crippen LogP contribution in [-0.4, -0.2) is 29.3 Å². The van der Waals surface area contributed by atoms with E-state index in [1.807, 2.05) is 0 Å². The minimum absolute atomic E-state index is 0.113. The van der Waals surface area contributed by atoms with E-state index in [2.05, 4.69) is 16.0 Å². The number of hydrogen-bond acceptors (Lipinski definition) is 4. The van der Waals surface area contributed by atoms with Gasteiger partial charge in [-0.3, -0.25) is 9.05 Å². The molecule has 0 spiro atoms. The number of phosphoric acid groups is 1. The van der Waals surface area contributed by atoms with Crippen LogP contribution in [0.25, 0.3) is 0 Å². The van der Waals surface area contributed by atoms with E-state index in [1.54, 1.807) is 6.92 Å². The van der Waals surface area contributed by atoms with E-state index in [1.165, 1.54) is 32.1 Å². The summed E-state index contributed by atoms with van der Waals surface area (Å²) >= 11 is 0. The van der Waals surface area contributed by atoms with Crippen molar-refractivity contribution in [3.8, 4) is 0 Å². The van der Waals surface area contributed by atoms with Crippen molar-refractivity contribution in [2.75, 3.05) is 13.2 Å². The van der Waals surface area contributed by atoms with Gasteiger partial charge in [-0.1, -0.05) is 51.9 Å². The third-order valence-corrected chi connectivity index (χ3v) is 3.92. The zero-order chi connectivity index (χ0) is 14.6. The van der Waals surface area contributed by atoms with Crippen LogP contribution < -0.4 is 0 Å². The van der Waals surface area contributed by atoms with Gasteiger partial charge in [0.25, 0.3) is 0 Å². The SMILES string of the molecule is CCCCCCCCCC(O)COP(=O)(O)OCC. The summed E-state index contributed by atoms with van der Waals surface area (Å²) in [5.74, 6) is 0. The normalized spacial score (nSPS) is 16.2. The molecule has 0 aliphatic rings. The van der Waals surface area contributed by atoms with Crippen molar-refractivity contribution in [2.45, 2.75) is 71.3 Å². The maximum atomic E-state index is 11.2. The lowest BCUT2D eigenvalue weighted by atomic mass is 10.1. The molecule has 0 saturated carbocycles. The first-order chi connectivity index (χ1) is 9.02. The van der Waals surface area contributed by atoms with E-state index in [-0.39, 0.29) is 13.2 Å². The fraction of sp³-hybridized carbons (Fsp3) is 1.00. The molecule has 0 fully saturated rings. The zero-order valence-electron chi connectivity index (χ0n) is 12.2. The quantitative estimate of drug-likeness (QED) is 0.401. The molecular weight excluding hydrogens is 267 g/mol. The Bertz CT molecular complexity index is 247. The number of aliphatic hydroxyl groups is 1. The Morgan fingerprint density at radius 3 is 2.16 bits per heavy atom. The zero-order valence-corrected chi connectivity index (χ0v) is 13.1. The Morgan fingerprint density at radius 2 is 1.58 bits per heavy atom. The molecule has 19 heavy (non-hydrogen) atoms. The monoisotopic (exact) mass is 296 g/mol. The second-order valence-corrected chi connectivity index (χ2v) is 6.20. The highest BCUT2D eigenvalue weighted by molar-refractivity contribution is 7.47. The summed E-state index contributed by atoms with van der Waals surface area (Å²) in [7, 11) is -3.96. The van der Waals surface area contributed by atoms with E-state index in [0.717, 1.165) is 12.8 Å². The van der Waals surface area contributed by atoms with E-state index in [4.69, 9.17) is 4.89 Å². The van der Waals surface area contributed by atoms with Crippen LogP contribution in [0.5, 0.6) is 0 Å². The van der Waals surface area contributed by atoms with Crippen LogP contribution in [0.1, 0.15) is 65.2 Å². The van der Waals surface area contributed by atoms with Gasteiger partial charge < -0.3 is 10.00 Å². The van der Waals surface area contributed by atoms with E-state index >= 15 is 0 Å². The number of aliphatic hydroxyl groups excluding tert-OH is 1. The fourth-order valence-corrected chi connectivity index (χ4v) is 2.56. The molecule has 0 amide bonds. The van der Waals surface area contributed by atoms with E-state index in [9.17, 15) is 9.67 Å². The van der Waals surface area contributed by atoms with Gasteiger partial charge in [0, 0.05) is 0 Å². The highest BCUT2D eigenvalue weighted by atomic mass is 31.2. The van der Waals surface area contributed by atoms with Gasteiger partial charge >= 0.3 is 7.82 Å². The number of unbranched alkanes of at least 4 members (excludes halogenated alkanes) is 6. The molecule has 0 aliphatic heterocycles. The van der Waals surface area contributed by atoms with Crippen LogP contribution >= 0.6 is 7.82 Å². The average molecular weight is 296 g/mol. The lowest BCUT2D eigenvalue weighted by Crippen LogP contribution is -2.14. The minimum atomic E-state index is -3.96. The van der Waals surface area contributed by atoms with Crippen LogP contribution in [-0.2, 0) is 13.6 Å². The van der Waals surface area contributed by atoms with Gasteiger partial charge in [0.2, 0.25) is 0 Å². The van der Waals surface area contributed by atoms with Crippen LogP contribution in [0.15, 0.2) is 0 Å². The predicted molar refractivity (Wildman–Crippen MR) is 76.0 cm³/mol. The molecule has 0 saturated heterocycles. The summed E-state index contributed by atoms with van der Waals surface area (Å²) in [5, 5.41) is 9.61. The maximum absolute atomic E-state index is 11.2. The van der Waals surface area contributed by atoms with Gasteiger partial charge in [-0.25, -0.2) is 4.57 Å². The molecule has 2 N–H and O–H groups in total. The van der Waals surface area contributed by atoms with Crippen LogP contribution in [0.4, 0.5) is 0 Å². The first kappa shape index (κ1) is 19.1. The van der Waals surface area contributed by atoms with Gasteiger partial charge in [-0.05, 0) is 13.3 Å². The highest BCUT2D eigenvalue weighted by Gasteiger charge is 2.21. The molecule has 2 unspecified atom stereocenters. The van der Waals surface area contributed by atoms with Gasteiger partial charge in [0.1, 0.15) is 0 Å². The summed E-state index contributed by atoms with van der Waals surface area (Å²) in [6.07, 6.45) is 8.16. The summed E-state index contributed by atoms with van der Waals surface area (Å²) in [4.78, 5) is 9.16. The third kappa shape index (κ3) is 12.8. The van der Waals surface area contributed by atoms with Gasteiger partial charge in [-0.2, -0.15) is 0 Å². The van der Waals surface area contributed by atoms with Gasteiger partial charge in [0.05, 0.1) is 19.3 Å². The first-order valence-corrected chi connectivity index (χ1v) is 8.81. The highest BCUT2D eigenvalue weighted by Crippen LogP contribution is 2.42. The average Bonchev–Trinajstić information content (AvgIpc) is 2.35. The lowest BCUT2D eigenvalue weighted by Gasteiger charge is -2.14. The standard InChI is InChI=1S/C13H29O5P/c1-3-5-6-7-8-9-10-11-13(14)12-18-19(15,16)17-4-2/h13-14H,3-12H2,1-2H3,(H,15,16). The second kappa shape index (κ2) is 11.9. The van der Waals surface area contributed by atoms with Gasteiger partial charge in [0.15, 0.2) is 0 Å². The van der Waals surface area contributed by atoms with Gasteiger partial charge in [-0.15, -0.1) is 0 Å². The Labute approximate surface area is 116 Å². The number of phosphoric ester groups is 1. The summed E-state index contributed by atoms with van der Waals surface area (Å²) < 4.78 is 20.4. The molecule has 0 heterocycles. The Balaban J connectivity index is 3.44. The summed E-state index contributed by atoms with van der Waals surface area (Å²) in [5.41, 5.74) is 0. The predicted octanol–water partition coefficient (Wildman–Crippen LogP) is 3.64. The Morgan fingerprint density at radius 1 is 1.00 bits per heavy atom. The molecule has 0 aromatic carbocycles. The van der Waals surface area contributed by atoms with Crippen molar-refractivity contribution in [1.29, 1.82) is 0 Å². The number of rotatable bonds is 13. The van der Waals surface area contributed by atoms with Crippen molar-refractivity contribution in [3.05, 3.63) is 0 Å². The van der Waals surface area contributed by atoms with Crippen molar-refractivity contribution in [3.63, 3.8) is 0 Å². The van der Waals surface area contributed by atoms with Crippen molar-refractivity contribution < 1.29 is 23.6 Å². The maximum Gasteiger partial charge on any atom is 0.472 e. The van der Waals surface area contributed by atoms with E-state index in [0.29, 0.717) is 6.42 Å². The minimum Gasteiger partial charge on any atom is -0.391 e. The molecular formula is C13H29O5P.